The number of anilines is 1. The molecule has 0 fully saturated rings. The van der Waals surface area contributed by atoms with E-state index in [4.69, 9.17) is 31.5 Å². The first kappa shape index (κ1) is 19.9. The van der Waals surface area contributed by atoms with E-state index in [-0.39, 0.29) is 24.9 Å². The number of amides is 1. The van der Waals surface area contributed by atoms with Crippen LogP contribution in [0.3, 0.4) is 0 Å². The fraction of sp³-hybridized carbons (Fsp3) is 0.462. The lowest BCUT2D eigenvalue weighted by atomic mass is 10.2. The van der Waals surface area contributed by atoms with Crippen molar-refractivity contribution in [2.24, 2.45) is 5.73 Å². The first-order chi connectivity index (χ1) is 9.58. The summed E-state index contributed by atoms with van der Waals surface area (Å²) in [4.78, 5) is 11.7. The molecule has 0 aliphatic rings. The third kappa shape index (κ3) is 6.97. The molecule has 21 heavy (non-hydrogen) atoms. The van der Waals surface area contributed by atoms with Crippen molar-refractivity contribution in [1.82, 2.24) is 0 Å². The van der Waals surface area contributed by atoms with Gasteiger partial charge in [-0.25, -0.2) is 0 Å². The first-order valence-corrected chi connectivity index (χ1v) is 6.43. The quantitative estimate of drug-likeness (QED) is 0.705. The predicted molar refractivity (Wildman–Crippen MR) is 84.6 cm³/mol. The Morgan fingerprint density at radius 2 is 2.05 bits per heavy atom. The standard InChI is InChI=1S/C13H19ClN2O4.ClH/c1-18-5-6-20-12-4-3-9(7-10(12)14)16-13(17)11(15)8-19-2;/h3-4,7,11H,5-6,8,15H2,1-2H3,(H,16,17);1H. The molecule has 1 atom stereocenters. The van der Waals surface area contributed by atoms with Crippen LogP contribution in [0, 0.1) is 0 Å². The number of nitrogens with one attached hydrogen (secondary N) is 1. The molecule has 0 saturated heterocycles. The highest BCUT2D eigenvalue weighted by Crippen LogP contribution is 2.27. The van der Waals surface area contributed by atoms with Crippen LogP contribution in [0.15, 0.2) is 18.2 Å². The van der Waals surface area contributed by atoms with Crippen LogP contribution in [0.5, 0.6) is 5.75 Å². The Bertz CT molecular complexity index is 446. The van der Waals surface area contributed by atoms with Gasteiger partial charge >= 0.3 is 0 Å². The molecule has 0 spiro atoms. The zero-order valence-electron chi connectivity index (χ0n) is 11.9. The molecule has 1 rings (SSSR count). The number of ether oxygens (including phenoxy) is 3. The molecule has 0 saturated carbocycles. The predicted octanol–water partition coefficient (Wildman–Crippen LogP) is 1.70. The van der Waals surface area contributed by atoms with Gasteiger partial charge in [-0.15, -0.1) is 12.4 Å². The number of carbonyl (C=O) groups is 1. The SMILES string of the molecule is COCCOc1ccc(NC(=O)C(N)COC)cc1Cl.Cl. The average molecular weight is 339 g/mol. The van der Waals surface area contributed by atoms with Crippen LogP contribution in [-0.2, 0) is 14.3 Å². The van der Waals surface area contributed by atoms with Gasteiger partial charge in [-0.1, -0.05) is 11.6 Å². The number of halogens is 2. The van der Waals surface area contributed by atoms with Crippen molar-refractivity contribution in [3.8, 4) is 5.75 Å². The summed E-state index contributed by atoms with van der Waals surface area (Å²) in [5.74, 6) is 0.193. The summed E-state index contributed by atoms with van der Waals surface area (Å²) in [6, 6.07) is 4.23. The molecule has 0 radical (unpaired) electrons. The zero-order valence-corrected chi connectivity index (χ0v) is 13.5. The van der Waals surface area contributed by atoms with Gasteiger partial charge in [0.1, 0.15) is 18.4 Å². The second kappa shape index (κ2) is 10.6. The summed E-state index contributed by atoms with van der Waals surface area (Å²) in [5, 5.41) is 3.06. The van der Waals surface area contributed by atoms with Crippen LogP contribution in [0.25, 0.3) is 0 Å². The van der Waals surface area contributed by atoms with E-state index in [1.807, 2.05) is 0 Å². The van der Waals surface area contributed by atoms with Gasteiger partial charge in [0.05, 0.1) is 18.2 Å². The van der Waals surface area contributed by atoms with Gasteiger partial charge in [-0.3, -0.25) is 4.79 Å². The summed E-state index contributed by atoms with van der Waals surface area (Å²) in [6.07, 6.45) is 0. The lowest BCUT2D eigenvalue weighted by Gasteiger charge is -2.13. The van der Waals surface area contributed by atoms with E-state index in [1.54, 1.807) is 25.3 Å². The summed E-state index contributed by atoms with van der Waals surface area (Å²) in [7, 11) is 3.07. The number of hydrogen-bond acceptors (Lipinski definition) is 5. The van der Waals surface area contributed by atoms with Gasteiger partial charge in [0, 0.05) is 19.9 Å². The molecule has 120 valence electrons. The molecule has 3 N–H and O–H groups in total. The van der Waals surface area contributed by atoms with E-state index in [0.717, 1.165) is 0 Å². The molecule has 0 bridgehead atoms. The molecular formula is C13H20Cl2N2O4. The lowest BCUT2D eigenvalue weighted by Crippen LogP contribution is -2.39. The van der Waals surface area contributed by atoms with Crippen molar-refractivity contribution < 1.29 is 19.0 Å². The number of hydrogen-bond donors (Lipinski definition) is 2. The van der Waals surface area contributed by atoms with Gasteiger partial charge in [0.2, 0.25) is 5.91 Å². The molecule has 1 unspecified atom stereocenters. The fourth-order valence-electron chi connectivity index (χ4n) is 1.42. The van der Waals surface area contributed by atoms with Crippen molar-refractivity contribution in [2.75, 3.05) is 39.4 Å². The van der Waals surface area contributed by atoms with Crippen LogP contribution in [0.4, 0.5) is 5.69 Å². The van der Waals surface area contributed by atoms with E-state index < -0.39 is 6.04 Å². The van der Waals surface area contributed by atoms with E-state index in [2.05, 4.69) is 5.32 Å². The highest BCUT2D eigenvalue weighted by Gasteiger charge is 2.13. The maximum Gasteiger partial charge on any atom is 0.243 e. The van der Waals surface area contributed by atoms with Crippen molar-refractivity contribution in [2.45, 2.75) is 6.04 Å². The zero-order chi connectivity index (χ0) is 15.0. The Kier molecular flexibility index (Phi) is 10.1. The molecule has 1 aromatic rings. The molecule has 0 heterocycles. The van der Waals surface area contributed by atoms with Crippen LogP contribution in [-0.4, -0.2) is 46.0 Å². The molecule has 0 aromatic heterocycles. The first-order valence-electron chi connectivity index (χ1n) is 6.05. The second-order valence-electron chi connectivity index (χ2n) is 4.04. The third-order valence-electron chi connectivity index (χ3n) is 2.43. The van der Waals surface area contributed by atoms with E-state index in [0.29, 0.717) is 29.7 Å². The highest BCUT2D eigenvalue weighted by molar-refractivity contribution is 6.32. The number of methoxy groups -OCH3 is 2. The van der Waals surface area contributed by atoms with Crippen molar-refractivity contribution >= 4 is 35.6 Å². The molecule has 8 heteroatoms. The lowest BCUT2D eigenvalue weighted by molar-refractivity contribution is -0.118. The summed E-state index contributed by atoms with van der Waals surface area (Å²) in [6.45, 7) is 1.03. The Morgan fingerprint density at radius 1 is 1.33 bits per heavy atom. The topological polar surface area (TPSA) is 82.8 Å². The minimum atomic E-state index is -0.726. The third-order valence-corrected chi connectivity index (χ3v) is 2.72. The van der Waals surface area contributed by atoms with Crippen LogP contribution in [0.1, 0.15) is 0 Å². The molecule has 0 aliphatic carbocycles. The average Bonchev–Trinajstić information content (AvgIpc) is 2.41. The largest absolute Gasteiger partial charge is 0.490 e. The molecule has 1 aromatic carbocycles. The summed E-state index contributed by atoms with van der Waals surface area (Å²) < 4.78 is 15.1. The summed E-state index contributed by atoms with van der Waals surface area (Å²) in [5.41, 5.74) is 6.16. The summed E-state index contributed by atoms with van der Waals surface area (Å²) >= 11 is 6.06. The molecular weight excluding hydrogens is 319 g/mol. The van der Waals surface area contributed by atoms with E-state index in [1.165, 1.54) is 7.11 Å². The minimum absolute atomic E-state index is 0. The van der Waals surface area contributed by atoms with Crippen LogP contribution in [0.2, 0.25) is 5.02 Å². The van der Waals surface area contributed by atoms with Gasteiger partial charge in [0.15, 0.2) is 0 Å². The van der Waals surface area contributed by atoms with E-state index >= 15 is 0 Å². The fourth-order valence-corrected chi connectivity index (χ4v) is 1.66. The monoisotopic (exact) mass is 338 g/mol. The Morgan fingerprint density at radius 3 is 2.62 bits per heavy atom. The molecule has 0 aliphatic heterocycles. The number of benzene rings is 1. The van der Waals surface area contributed by atoms with Gasteiger partial charge in [-0.2, -0.15) is 0 Å². The molecule has 1 amide bonds. The van der Waals surface area contributed by atoms with Crippen LogP contribution >= 0.6 is 24.0 Å². The highest BCUT2D eigenvalue weighted by atomic mass is 35.5. The van der Waals surface area contributed by atoms with Crippen LogP contribution < -0.4 is 15.8 Å². The smallest absolute Gasteiger partial charge is 0.243 e. The van der Waals surface area contributed by atoms with Crippen molar-refractivity contribution in [3.63, 3.8) is 0 Å². The molecule has 6 nitrogen and oxygen atoms in total. The minimum Gasteiger partial charge on any atom is -0.490 e. The van der Waals surface area contributed by atoms with Crippen molar-refractivity contribution in [3.05, 3.63) is 23.2 Å². The number of rotatable bonds is 8. The maximum absolute atomic E-state index is 11.7. The van der Waals surface area contributed by atoms with Gasteiger partial charge < -0.3 is 25.3 Å². The van der Waals surface area contributed by atoms with E-state index in [9.17, 15) is 4.79 Å². The normalized spacial score (nSPS) is 11.4. The van der Waals surface area contributed by atoms with Gasteiger partial charge in [-0.05, 0) is 18.2 Å². The Labute approximate surface area is 135 Å². The van der Waals surface area contributed by atoms with Crippen molar-refractivity contribution in [1.29, 1.82) is 0 Å². The van der Waals surface area contributed by atoms with Gasteiger partial charge in [0.25, 0.3) is 0 Å². The number of nitrogens with two attached hydrogens (primary N) is 1. The second-order valence-corrected chi connectivity index (χ2v) is 4.44. The number of carbonyl (C=O) groups excluding carboxylic acids is 1. The Balaban J connectivity index is 0.00000400. The maximum atomic E-state index is 11.7. The Hall–Kier alpha value is -1.05.